The molecule has 1 fully saturated rings. The molecule has 1 aliphatic rings. The van der Waals surface area contributed by atoms with E-state index in [0.717, 1.165) is 17.7 Å². The first-order valence-corrected chi connectivity index (χ1v) is 7.75. The molecule has 0 aromatic heterocycles. The van der Waals surface area contributed by atoms with E-state index in [4.69, 9.17) is 0 Å². The number of benzene rings is 2. The monoisotopic (exact) mass is 283 g/mol. The molecule has 0 unspecified atom stereocenters. The average Bonchev–Trinajstić information content (AvgIpc) is 3.31. The topological polar surface area (TPSA) is 12.0 Å². The highest BCUT2D eigenvalue weighted by Gasteiger charge is 2.20. The number of halogens is 1. The van der Waals surface area contributed by atoms with Gasteiger partial charge in [-0.15, -0.1) is 0 Å². The Hall–Kier alpha value is -1.67. The van der Waals surface area contributed by atoms with Gasteiger partial charge in [0, 0.05) is 18.2 Å². The summed E-state index contributed by atoms with van der Waals surface area (Å²) in [6.07, 6.45) is 2.54. The molecule has 21 heavy (non-hydrogen) atoms. The molecule has 1 nitrogen and oxygen atoms in total. The molecular formula is C19H22FN. The molecule has 2 aromatic rings. The first-order chi connectivity index (χ1) is 10.1. The van der Waals surface area contributed by atoms with Crippen LogP contribution in [-0.4, -0.2) is 6.04 Å². The second-order valence-corrected chi connectivity index (χ2v) is 6.25. The largest absolute Gasteiger partial charge is 0.310 e. The summed E-state index contributed by atoms with van der Waals surface area (Å²) in [5, 5.41) is 3.47. The van der Waals surface area contributed by atoms with Crippen molar-refractivity contribution in [3.05, 3.63) is 59.4 Å². The van der Waals surface area contributed by atoms with Crippen LogP contribution in [0.3, 0.4) is 0 Å². The maximum Gasteiger partial charge on any atom is 0.131 e. The van der Waals surface area contributed by atoms with E-state index in [1.54, 1.807) is 6.07 Å². The van der Waals surface area contributed by atoms with Crippen LogP contribution in [0.2, 0.25) is 0 Å². The zero-order valence-electron chi connectivity index (χ0n) is 12.7. The van der Waals surface area contributed by atoms with E-state index >= 15 is 0 Å². The molecule has 2 heteroatoms. The Morgan fingerprint density at radius 3 is 2.43 bits per heavy atom. The minimum atomic E-state index is -0.150. The number of rotatable bonds is 5. The predicted molar refractivity (Wildman–Crippen MR) is 85.8 cm³/mol. The molecule has 0 bridgehead atoms. The third-order valence-corrected chi connectivity index (χ3v) is 4.09. The highest BCUT2D eigenvalue weighted by atomic mass is 19.1. The summed E-state index contributed by atoms with van der Waals surface area (Å²) in [6, 6.07) is 14.3. The Morgan fingerprint density at radius 2 is 1.81 bits per heavy atom. The molecule has 3 rings (SSSR count). The van der Waals surface area contributed by atoms with Crippen molar-refractivity contribution in [2.24, 2.45) is 0 Å². The summed E-state index contributed by atoms with van der Waals surface area (Å²) in [6.45, 7) is 5.15. The third kappa shape index (κ3) is 3.51. The first-order valence-electron chi connectivity index (χ1n) is 7.75. The Morgan fingerprint density at radius 1 is 1.10 bits per heavy atom. The number of hydrogen-bond acceptors (Lipinski definition) is 1. The van der Waals surface area contributed by atoms with Gasteiger partial charge in [0.05, 0.1) is 0 Å². The van der Waals surface area contributed by atoms with Crippen molar-refractivity contribution >= 4 is 0 Å². The number of nitrogens with one attached hydrogen (secondary N) is 1. The van der Waals surface area contributed by atoms with E-state index in [0.29, 0.717) is 17.5 Å². The molecule has 0 amide bonds. The van der Waals surface area contributed by atoms with Gasteiger partial charge in [0.25, 0.3) is 0 Å². The molecule has 0 aliphatic heterocycles. The van der Waals surface area contributed by atoms with Gasteiger partial charge in [-0.2, -0.15) is 0 Å². The quantitative estimate of drug-likeness (QED) is 0.825. The maximum absolute atomic E-state index is 14.1. The molecule has 0 atom stereocenters. The van der Waals surface area contributed by atoms with Crippen molar-refractivity contribution in [3.8, 4) is 11.1 Å². The number of hydrogen-bond donors (Lipinski definition) is 1. The molecule has 0 saturated heterocycles. The maximum atomic E-state index is 14.1. The molecule has 1 aliphatic carbocycles. The van der Waals surface area contributed by atoms with Gasteiger partial charge >= 0.3 is 0 Å². The van der Waals surface area contributed by atoms with E-state index in [-0.39, 0.29) is 5.82 Å². The lowest BCUT2D eigenvalue weighted by molar-refractivity contribution is 0.628. The minimum absolute atomic E-state index is 0.150. The lowest BCUT2D eigenvalue weighted by Crippen LogP contribution is -2.15. The van der Waals surface area contributed by atoms with Crippen LogP contribution in [-0.2, 0) is 6.54 Å². The lowest BCUT2D eigenvalue weighted by atomic mass is 9.97. The molecule has 110 valence electrons. The summed E-state index contributed by atoms with van der Waals surface area (Å²) in [5.41, 5.74) is 4.07. The SMILES string of the molecule is CC(C)c1ccc(-c2cc(CNC3CC3)ccc2F)cc1. The molecule has 0 radical (unpaired) electrons. The highest BCUT2D eigenvalue weighted by Crippen LogP contribution is 2.26. The van der Waals surface area contributed by atoms with Crippen LogP contribution in [0.15, 0.2) is 42.5 Å². The van der Waals surface area contributed by atoms with Gasteiger partial charge in [0.1, 0.15) is 5.82 Å². The second-order valence-electron chi connectivity index (χ2n) is 6.25. The van der Waals surface area contributed by atoms with Gasteiger partial charge in [0.2, 0.25) is 0 Å². The second kappa shape index (κ2) is 5.98. The van der Waals surface area contributed by atoms with Crippen molar-refractivity contribution in [1.29, 1.82) is 0 Å². The van der Waals surface area contributed by atoms with Crippen molar-refractivity contribution in [1.82, 2.24) is 5.32 Å². The van der Waals surface area contributed by atoms with Crippen LogP contribution in [0, 0.1) is 5.82 Å². The molecule has 0 heterocycles. The van der Waals surface area contributed by atoms with Gasteiger partial charge in [0.15, 0.2) is 0 Å². The summed E-state index contributed by atoms with van der Waals surface area (Å²) in [5.74, 6) is 0.348. The summed E-state index contributed by atoms with van der Waals surface area (Å²) in [7, 11) is 0. The summed E-state index contributed by atoms with van der Waals surface area (Å²) in [4.78, 5) is 0. The zero-order valence-corrected chi connectivity index (χ0v) is 12.7. The predicted octanol–water partition coefficient (Wildman–Crippen LogP) is 4.87. The van der Waals surface area contributed by atoms with Gasteiger partial charge in [-0.1, -0.05) is 44.2 Å². The van der Waals surface area contributed by atoms with E-state index in [9.17, 15) is 4.39 Å². The van der Waals surface area contributed by atoms with Crippen molar-refractivity contribution in [3.63, 3.8) is 0 Å². The van der Waals surface area contributed by atoms with E-state index in [1.807, 2.05) is 24.3 Å². The first kappa shape index (κ1) is 14.3. The van der Waals surface area contributed by atoms with E-state index in [2.05, 4.69) is 31.3 Å². The standard InChI is InChI=1S/C19H22FN/c1-13(2)15-4-6-16(7-5-15)18-11-14(3-10-19(18)20)12-21-17-8-9-17/h3-7,10-11,13,17,21H,8-9,12H2,1-2H3. The summed E-state index contributed by atoms with van der Waals surface area (Å²) < 4.78 is 14.1. The molecular weight excluding hydrogens is 261 g/mol. The highest BCUT2D eigenvalue weighted by molar-refractivity contribution is 5.65. The fourth-order valence-corrected chi connectivity index (χ4v) is 2.50. The van der Waals surface area contributed by atoms with Crippen molar-refractivity contribution in [2.45, 2.75) is 45.2 Å². The average molecular weight is 283 g/mol. The van der Waals surface area contributed by atoms with Crippen molar-refractivity contribution < 1.29 is 4.39 Å². The fourth-order valence-electron chi connectivity index (χ4n) is 2.50. The fraction of sp³-hybridized carbons (Fsp3) is 0.368. The molecule has 1 saturated carbocycles. The van der Waals surface area contributed by atoms with Crippen LogP contribution < -0.4 is 5.32 Å². The summed E-state index contributed by atoms with van der Waals surface area (Å²) >= 11 is 0. The molecule has 2 aromatic carbocycles. The third-order valence-electron chi connectivity index (χ3n) is 4.09. The normalized spacial score (nSPS) is 14.7. The minimum Gasteiger partial charge on any atom is -0.310 e. The van der Waals surface area contributed by atoms with Gasteiger partial charge in [-0.25, -0.2) is 4.39 Å². The van der Waals surface area contributed by atoms with Crippen LogP contribution in [0.25, 0.3) is 11.1 Å². The Labute approximate surface area is 126 Å². The Kier molecular flexibility index (Phi) is 4.07. The van der Waals surface area contributed by atoms with Crippen molar-refractivity contribution in [2.75, 3.05) is 0 Å². The molecule has 0 spiro atoms. The van der Waals surface area contributed by atoms with Crippen LogP contribution in [0.1, 0.15) is 43.7 Å². The van der Waals surface area contributed by atoms with Gasteiger partial charge < -0.3 is 5.32 Å². The Bertz CT molecular complexity index is 612. The van der Waals surface area contributed by atoms with Crippen LogP contribution in [0.5, 0.6) is 0 Å². The lowest BCUT2D eigenvalue weighted by Gasteiger charge is -2.10. The zero-order chi connectivity index (χ0) is 14.8. The van der Waals surface area contributed by atoms with E-state index < -0.39 is 0 Å². The Balaban J connectivity index is 1.83. The van der Waals surface area contributed by atoms with Gasteiger partial charge in [-0.05, 0) is 47.6 Å². The van der Waals surface area contributed by atoms with Gasteiger partial charge in [-0.3, -0.25) is 0 Å². The smallest absolute Gasteiger partial charge is 0.131 e. The molecule has 1 N–H and O–H groups in total. The van der Waals surface area contributed by atoms with E-state index in [1.165, 1.54) is 18.4 Å². The van der Waals surface area contributed by atoms with Crippen LogP contribution in [0.4, 0.5) is 4.39 Å². The van der Waals surface area contributed by atoms with Crippen LogP contribution >= 0.6 is 0 Å².